The van der Waals surface area contributed by atoms with E-state index in [2.05, 4.69) is 36.5 Å². The van der Waals surface area contributed by atoms with E-state index < -0.39 is 0 Å². The summed E-state index contributed by atoms with van der Waals surface area (Å²) in [5.74, 6) is 0.0609. The molecule has 0 unspecified atom stereocenters. The van der Waals surface area contributed by atoms with Crippen LogP contribution in [-0.2, 0) is 6.42 Å². The van der Waals surface area contributed by atoms with Crippen molar-refractivity contribution in [2.45, 2.75) is 20.3 Å². The number of benzene rings is 3. The van der Waals surface area contributed by atoms with Crippen LogP contribution in [0.2, 0.25) is 0 Å². The second-order valence-electron chi connectivity index (χ2n) is 6.93. The third-order valence-electron chi connectivity index (χ3n) is 4.81. The molecule has 0 spiro atoms. The topological polar surface area (TPSA) is 42.0 Å². The SMILES string of the molecule is CCc1ccc(Nc2nc(-c3ccccc3)c(C(=O)c3ccc(C)cc3)[se]2)cc1. The molecule has 4 heteroatoms. The van der Waals surface area contributed by atoms with Gasteiger partial charge in [0.05, 0.1) is 0 Å². The first-order valence-corrected chi connectivity index (χ1v) is 11.4. The van der Waals surface area contributed by atoms with Crippen molar-refractivity contribution in [2.75, 3.05) is 5.32 Å². The number of hydrogen-bond acceptors (Lipinski definition) is 3. The first-order valence-electron chi connectivity index (χ1n) is 9.67. The molecule has 0 atom stereocenters. The third-order valence-corrected chi connectivity index (χ3v) is 6.84. The van der Waals surface area contributed by atoms with Crippen LogP contribution in [0.25, 0.3) is 11.3 Å². The van der Waals surface area contributed by atoms with Gasteiger partial charge in [-0.25, -0.2) is 0 Å². The second-order valence-corrected chi connectivity index (χ2v) is 9.03. The van der Waals surface area contributed by atoms with Gasteiger partial charge in [-0.15, -0.1) is 0 Å². The van der Waals surface area contributed by atoms with Crippen LogP contribution >= 0.6 is 0 Å². The molecule has 0 saturated carbocycles. The molecule has 0 aliphatic heterocycles. The Kier molecular flexibility index (Phi) is 5.75. The number of ketones is 1. The summed E-state index contributed by atoms with van der Waals surface area (Å²) in [6.07, 6.45) is 1.01. The molecule has 144 valence electrons. The monoisotopic (exact) mass is 446 g/mol. The van der Waals surface area contributed by atoms with Gasteiger partial charge in [-0.1, -0.05) is 0 Å². The number of anilines is 2. The molecule has 29 heavy (non-hydrogen) atoms. The quantitative estimate of drug-likeness (QED) is 0.308. The summed E-state index contributed by atoms with van der Waals surface area (Å²) in [5.41, 5.74) is 5.91. The molecule has 0 aliphatic carbocycles. The molecule has 1 heterocycles. The van der Waals surface area contributed by atoms with E-state index in [1.807, 2.05) is 61.5 Å². The molecular weight excluding hydrogens is 423 g/mol. The van der Waals surface area contributed by atoms with Gasteiger partial charge in [0.1, 0.15) is 0 Å². The van der Waals surface area contributed by atoms with Crippen LogP contribution in [0.4, 0.5) is 10.4 Å². The van der Waals surface area contributed by atoms with Crippen molar-refractivity contribution >= 4 is 30.7 Å². The van der Waals surface area contributed by atoms with E-state index in [9.17, 15) is 4.79 Å². The molecule has 0 radical (unpaired) electrons. The van der Waals surface area contributed by atoms with Crippen LogP contribution in [0.3, 0.4) is 0 Å². The third kappa shape index (κ3) is 4.40. The molecule has 3 aromatic carbocycles. The maximum absolute atomic E-state index is 13.3. The van der Waals surface area contributed by atoms with E-state index in [4.69, 9.17) is 4.98 Å². The number of nitrogens with one attached hydrogen (secondary N) is 1. The standard InChI is InChI=1S/C25H22N2OSe/c1-3-18-11-15-21(16-12-18)26-25-27-22(19-7-5-4-6-8-19)24(29-25)23(28)20-13-9-17(2)10-14-20/h4-16H,3H2,1-2H3,(H,26,27). The minimum absolute atomic E-state index is 0.0609. The van der Waals surface area contributed by atoms with Gasteiger partial charge in [0.15, 0.2) is 0 Å². The molecule has 1 N–H and O–H groups in total. The van der Waals surface area contributed by atoms with Crippen molar-refractivity contribution in [1.29, 1.82) is 0 Å². The molecular formula is C25H22N2OSe. The van der Waals surface area contributed by atoms with Gasteiger partial charge >= 0.3 is 177 Å². The van der Waals surface area contributed by atoms with Crippen molar-refractivity contribution < 1.29 is 4.79 Å². The molecule has 0 amide bonds. The van der Waals surface area contributed by atoms with E-state index in [1.165, 1.54) is 5.56 Å². The summed E-state index contributed by atoms with van der Waals surface area (Å²) in [6, 6.07) is 26.1. The summed E-state index contributed by atoms with van der Waals surface area (Å²) in [6.45, 7) is 4.17. The minimum atomic E-state index is -0.184. The number of hydrogen-bond donors (Lipinski definition) is 1. The van der Waals surface area contributed by atoms with Crippen molar-refractivity contribution in [2.24, 2.45) is 0 Å². The Morgan fingerprint density at radius 3 is 2.28 bits per heavy atom. The average Bonchev–Trinajstić information content (AvgIpc) is 3.19. The van der Waals surface area contributed by atoms with Gasteiger partial charge in [-0.05, 0) is 0 Å². The number of aryl methyl sites for hydroxylation is 2. The molecule has 0 fully saturated rings. The van der Waals surface area contributed by atoms with Crippen molar-refractivity contribution in [3.05, 3.63) is 100.0 Å². The molecule has 3 nitrogen and oxygen atoms in total. The van der Waals surface area contributed by atoms with Crippen LogP contribution in [0.15, 0.2) is 78.9 Å². The normalized spacial score (nSPS) is 10.7. The van der Waals surface area contributed by atoms with Crippen LogP contribution < -0.4 is 5.32 Å². The number of carbonyl (C=O) groups is 1. The fourth-order valence-corrected chi connectivity index (χ4v) is 5.14. The summed E-state index contributed by atoms with van der Waals surface area (Å²) in [4.78, 5) is 18.1. The summed E-state index contributed by atoms with van der Waals surface area (Å²) in [5, 5.41) is 3.42. The number of carbonyl (C=O) groups excluding carboxylic acids is 1. The second kappa shape index (κ2) is 8.60. The summed E-state index contributed by atoms with van der Waals surface area (Å²) < 4.78 is 1.65. The first-order chi connectivity index (χ1) is 14.1. The van der Waals surface area contributed by atoms with Crippen LogP contribution in [0, 0.1) is 6.92 Å². The van der Waals surface area contributed by atoms with Crippen LogP contribution in [-0.4, -0.2) is 25.3 Å². The Bertz CT molecular complexity index is 1110. The Morgan fingerprint density at radius 2 is 1.62 bits per heavy atom. The number of aromatic nitrogens is 1. The van der Waals surface area contributed by atoms with Gasteiger partial charge in [0.2, 0.25) is 0 Å². The van der Waals surface area contributed by atoms with Gasteiger partial charge in [-0.2, -0.15) is 0 Å². The Labute approximate surface area is 177 Å². The van der Waals surface area contributed by atoms with Crippen LogP contribution in [0.5, 0.6) is 0 Å². The predicted molar refractivity (Wildman–Crippen MR) is 120 cm³/mol. The summed E-state index contributed by atoms with van der Waals surface area (Å²) in [7, 11) is 0. The fraction of sp³-hybridized carbons (Fsp3) is 0.120. The van der Waals surface area contributed by atoms with E-state index in [0.29, 0.717) is 5.56 Å². The van der Waals surface area contributed by atoms with Gasteiger partial charge < -0.3 is 0 Å². The van der Waals surface area contributed by atoms with E-state index in [-0.39, 0.29) is 20.3 Å². The predicted octanol–water partition coefficient (Wildman–Crippen LogP) is 5.65. The van der Waals surface area contributed by atoms with E-state index in [1.54, 1.807) is 0 Å². The zero-order chi connectivity index (χ0) is 20.2. The fourth-order valence-electron chi connectivity index (χ4n) is 3.10. The van der Waals surface area contributed by atoms with Crippen molar-refractivity contribution in [3.8, 4) is 11.3 Å². The van der Waals surface area contributed by atoms with Crippen molar-refractivity contribution in [3.63, 3.8) is 0 Å². The van der Waals surface area contributed by atoms with Gasteiger partial charge in [0, 0.05) is 0 Å². The van der Waals surface area contributed by atoms with Crippen LogP contribution in [0.1, 0.15) is 32.8 Å². The van der Waals surface area contributed by atoms with Gasteiger partial charge in [-0.3, -0.25) is 0 Å². The van der Waals surface area contributed by atoms with Gasteiger partial charge in [0.25, 0.3) is 0 Å². The number of rotatable bonds is 6. The molecule has 0 bridgehead atoms. The Balaban J connectivity index is 1.72. The Hall–Kier alpha value is -2.94. The van der Waals surface area contributed by atoms with E-state index in [0.717, 1.165) is 38.1 Å². The Morgan fingerprint density at radius 1 is 0.931 bits per heavy atom. The first kappa shape index (κ1) is 19.4. The molecule has 0 aliphatic rings. The zero-order valence-corrected chi connectivity index (χ0v) is 18.2. The average molecular weight is 445 g/mol. The zero-order valence-electron chi connectivity index (χ0n) is 16.5. The summed E-state index contributed by atoms with van der Waals surface area (Å²) >= 11 is -0.184. The maximum atomic E-state index is 13.3. The molecule has 4 aromatic rings. The van der Waals surface area contributed by atoms with Crippen molar-refractivity contribution in [1.82, 2.24) is 4.98 Å². The molecule has 0 saturated heterocycles. The van der Waals surface area contributed by atoms with E-state index >= 15 is 0 Å². The molecule has 1 aromatic heterocycles. The number of nitrogens with zero attached hydrogens (tertiary/aromatic N) is 1. The molecule has 4 rings (SSSR count).